The summed E-state index contributed by atoms with van der Waals surface area (Å²) in [5.74, 6) is 0.110. The summed E-state index contributed by atoms with van der Waals surface area (Å²) in [6.45, 7) is 28.9. The van der Waals surface area contributed by atoms with Crippen LogP contribution in [0.3, 0.4) is 0 Å². The lowest BCUT2D eigenvalue weighted by molar-refractivity contribution is -0.120. The number of amides is 1. The molecule has 0 spiro atoms. The molecule has 0 radical (unpaired) electrons. The van der Waals surface area contributed by atoms with Crippen LogP contribution in [-0.4, -0.2) is 33.7 Å². The molecule has 1 amide bonds. The summed E-state index contributed by atoms with van der Waals surface area (Å²) in [5.41, 5.74) is 6.62. The molecule has 2 N–H and O–H groups in total. The number of phenols is 2. The topological polar surface area (TPSA) is 77.8 Å². The number of benzene rings is 3. The van der Waals surface area contributed by atoms with Crippen molar-refractivity contribution in [3.05, 3.63) is 86.5 Å². The van der Waals surface area contributed by atoms with E-state index in [1.807, 2.05) is 51.2 Å². The highest BCUT2D eigenvalue weighted by molar-refractivity contribution is 8.01. The number of thioether (sulfide) groups is 1. The highest BCUT2D eigenvalue weighted by Crippen LogP contribution is 2.53. The largest absolute Gasteiger partial charge is 0.507 e. The number of ketones is 1. The number of aromatic hydroxyl groups is 2. The Balaban J connectivity index is 1.88. The predicted molar refractivity (Wildman–Crippen MR) is 205 cm³/mol. The van der Waals surface area contributed by atoms with Crippen LogP contribution in [0.2, 0.25) is 0 Å². The molecule has 1 atom stereocenters. The Hall–Kier alpha value is -3.51. The first-order valence-electron chi connectivity index (χ1n) is 17.3. The third-order valence-electron chi connectivity index (χ3n) is 9.96. The lowest BCUT2D eigenvalue weighted by Crippen LogP contribution is -2.44. The highest BCUT2D eigenvalue weighted by Gasteiger charge is 2.43. The average Bonchev–Trinajstić information content (AvgIpc) is 3.19. The van der Waals surface area contributed by atoms with Gasteiger partial charge in [-0.3, -0.25) is 9.59 Å². The molecule has 0 aromatic heterocycles. The van der Waals surface area contributed by atoms with E-state index >= 15 is 0 Å². The third kappa shape index (κ3) is 6.46. The van der Waals surface area contributed by atoms with Gasteiger partial charge < -0.3 is 15.1 Å². The fourth-order valence-corrected chi connectivity index (χ4v) is 8.44. The second kappa shape index (κ2) is 11.5. The van der Waals surface area contributed by atoms with E-state index in [0.29, 0.717) is 16.9 Å². The van der Waals surface area contributed by atoms with Crippen molar-refractivity contribution in [2.45, 2.75) is 134 Å². The number of carbonyl (C=O) groups is 2. The molecule has 49 heavy (non-hydrogen) atoms. The summed E-state index contributed by atoms with van der Waals surface area (Å²) in [4.78, 5) is 30.8. The van der Waals surface area contributed by atoms with Crippen molar-refractivity contribution in [3.63, 3.8) is 0 Å². The minimum Gasteiger partial charge on any atom is -0.507 e. The van der Waals surface area contributed by atoms with Gasteiger partial charge in [-0.25, -0.2) is 0 Å². The van der Waals surface area contributed by atoms with E-state index in [-0.39, 0.29) is 39.1 Å². The normalized spacial score (nSPS) is 19.0. The van der Waals surface area contributed by atoms with Crippen molar-refractivity contribution in [2.24, 2.45) is 0 Å². The van der Waals surface area contributed by atoms with Crippen molar-refractivity contribution < 1.29 is 19.8 Å². The zero-order valence-corrected chi connectivity index (χ0v) is 33.0. The maximum Gasteiger partial charge on any atom is 0.242 e. The van der Waals surface area contributed by atoms with Crippen LogP contribution in [0.4, 0.5) is 5.69 Å². The number of phenolic OH excluding ortho intramolecular Hbond substituents is 2. The van der Waals surface area contributed by atoms with Crippen molar-refractivity contribution in [2.75, 3.05) is 11.9 Å². The van der Waals surface area contributed by atoms with Crippen LogP contribution in [0.15, 0.2) is 46.9 Å². The average molecular weight is 682 g/mol. The molecule has 1 heterocycles. The minimum absolute atomic E-state index is 0.0183. The first-order chi connectivity index (χ1) is 22.1. The van der Waals surface area contributed by atoms with Crippen LogP contribution >= 0.6 is 11.8 Å². The van der Waals surface area contributed by atoms with Gasteiger partial charge >= 0.3 is 0 Å². The van der Waals surface area contributed by atoms with E-state index < -0.39 is 10.7 Å². The number of Topliss-reactive ketones (excluding diaryl/α,β-unsaturated/α-hetero) is 1. The zero-order chi connectivity index (χ0) is 37.0. The second-order valence-corrected chi connectivity index (χ2v) is 20.3. The Morgan fingerprint density at radius 2 is 1.12 bits per heavy atom. The van der Waals surface area contributed by atoms with Crippen LogP contribution in [-0.2, 0) is 26.5 Å². The van der Waals surface area contributed by atoms with E-state index in [4.69, 9.17) is 0 Å². The molecule has 2 aliphatic rings. The number of anilines is 1. The molecule has 0 saturated carbocycles. The molecule has 1 unspecified atom stereocenters. The molecule has 3 aromatic carbocycles. The smallest absolute Gasteiger partial charge is 0.242 e. The SMILES string of the molecule is CN1C(=O)C(C)(C)Sc2cc3c(cc21)C(c1cc(C(C)(C)C)c(O)c(C(C)(C)C)c1)C(=Cc1cc(C(C)(C)C)c(O)c(C(C)(C)C)c1)C3=O. The summed E-state index contributed by atoms with van der Waals surface area (Å²) in [6.07, 6.45) is 2.00. The summed E-state index contributed by atoms with van der Waals surface area (Å²) in [5, 5.41) is 23.1. The molecule has 5 nitrogen and oxygen atoms in total. The van der Waals surface area contributed by atoms with Crippen LogP contribution in [0, 0.1) is 0 Å². The fraction of sp³-hybridized carbons (Fsp3) is 0.488. The van der Waals surface area contributed by atoms with Gasteiger partial charge in [0.2, 0.25) is 5.91 Å². The van der Waals surface area contributed by atoms with Gasteiger partial charge in [0.05, 0.1) is 10.4 Å². The summed E-state index contributed by atoms with van der Waals surface area (Å²) >= 11 is 1.50. The standard InChI is InChI=1S/C43H55NO4S/c1-39(2,3)28-17-23(18-29(36(28)46)40(4,5)6)16-27-34(24-19-30(41(7,8)9)37(47)31(20-24)42(10,11)12)25-21-32-33(22-26(25)35(27)45)49-43(13,14)38(48)44(32)15/h16-22,34,46-47H,1-15H3. The van der Waals surface area contributed by atoms with Crippen molar-refractivity contribution in [1.82, 2.24) is 0 Å². The molecular weight excluding hydrogens is 627 g/mol. The summed E-state index contributed by atoms with van der Waals surface area (Å²) in [6, 6.07) is 12.2. The van der Waals surface area contributed by atoms with Crippen LogP contribution in [0.25, 0.3) is 6.08 Å². The minimum atomic E-state index is -0.658. The van der Waals surface area contributed by atoms with E-state index in [0.717, 1.165) is 49.5 Å². The molecule has 0 saturated heterocycles. The monoisotopic (exact) mass is 681 g/mol. The van der Waals surface area contributed by atoms with Crippen LogP contribution in [0.5, 0.6) is 11.5 Å². The van der Waals surface area contributed by atoms with Crippen molar-refractivity contribution in [3.8, 4) is 11.5 Å². The van der Waals surface area contributed by atoms with Gasteiger partial charge in [0, 0.05) is 40.1 Å². The van der Waals surface area contributed by atoms with Gasteiger partial charge in [0.15, 0.2) is 5.78 Å². The first-order valence-corrected chi connectivity index (χ1v) is 18.1. The highest BCUT2D eigenvalue weighted by atomic mass is 32.2. The van der Waals surface area contributed by atoms with Gasteiger partial charge in [-0.2, -0.15) is 0 Å². The molecule has 262 valence electrons. The van der Waals surface area contributed by atoms with Gasteiger partial charge in [0.1, 0.15) is 11.5 Å². The Bertz CT molecular complexity index is 1850. The number of fused-ring (bicyclic) bond motifs is 2. The molecule has 1 aliphatic heterocycles. The third-order valence-corrected chi connectivity index (χ3v) is 11.2. The predicted octanol–water partition coefficient (Wildman–Crippen LogP) is 10.5. The van der Waals surface area contributed by atoms with E-state index in [2.05, 4.69) is 95.2 Å². The molecule has 5 rings (SSSR count). The number of hydrogen-bond donors (Lipinski definition) is 2. The quantitative estimate of drug-likeness (QED) is 0.263. The van der Waals surface area contributed by atoms with E-state index in [1.54, 1.807) is 4.90 Å². The Morgan fingerprint density at radius 1 is 0.694 bits per heavy atom. The molecule has 1 aliphatic carbocycles. The lowest BCUT2D eigenvalue weighted by Gasteiger charge is -2.36. The second-order valence-electron chi connectivity index (χ2n) is 18.7. The molecule has 6 heteroatoms. The molecule has 0 fully saturated rings. The number of rotatable bonds is 2. The van der Waals surface area contributed by atoms with E-state index in [9.17, 15) is 19.8 Å². The maximum atomic E-state index is 14.8. The lowest BCUT2D eigenvalue weighted by atomic mass is 9.75. The number of allylic oxidation sites excluding steroid dienone is 1. The Morgan fingerprint density at radius 3 is 1.55 bits per heavy atom. The van der Waals surface area contributed by atoms with Gasteiger partial charge in [-0.15, -0.1) is 11.8 Å². The van der Waals surface area contributed by atoms with Gasteiger partial charge in [-0.1, -0.05) is 95.2 Å². The number of nitrogens with zero attached hydrogens (tertiary/aromatic N) is 1. The first kappa shape index (κ1) is 36.8. The molecule has 0 bridgehead atoms. The van der Waals surface area contributed by atoms with Crippen LogP contribution < -0.4 is 4.90 Å². The van der Waals surface area contributed by atoms with Crippen LogP contribution in [0.1, 0.15) is 152 Å². The van der Waals surface area contributed by atoms with Gasteiger partial charge in [-0.05, 0) is 93.7 Å². The van der Waals surface area contributed by atoms with E-state index in [1.165, 1.54) is 11.8 Å². The maximum absolute atomic E-state index is 14.8. The Labute approximate surface area is 298 Å². The van der Waals surface area contributed by atoms with Gasteiger partial charge in [0.25, 0.3) is 0 Å². The summed E-state index contributed by atoms with van der Waals surface area (Å²) < 4.78 is -0.658. The molecular formula is C43H55NO4S. The zero-order valence-electron chi connectivity index (χ0n) is 32.2. The van der Waals surface area contributed by atoms with Crippen molar-refractivity contribution in [1.29, 1.82) is 0 Å². The number of carbonyl (C=O) groups excluding carboxylic acids is 2. The number of hydrogen-bond acceptors (Lipinski definition) is 5. The fourth-order valence-electron chi connectivity index (χ4n) is 7.19. The van der Waals surface area contributed by atoms with Crippen molar-refractivity contribution >= 4 is 35.2 Å². The summed E-state index contributed by atoms with van der Waals surface area (Å²) in [7, 11) is 1.81. The molecule has 3 aromatic rings. The Kier molecular flexibility index (Phi) is 8.64.